The number of imide groups is 1. The normalized spacial score (nSPS) is 19.3. The second-order valence-corrected chi connectivity index (χ2v) is 8.66. The third-order valence-corrected chi connectivity index (χ3v) is 5.08. The molecule has 0 aliphatic carbocycles. The Kier molecular flexibility index (Phi) is 6.85. The summed E-state index contributed by atoms with van der Waals surface area (Å²) in [5.41, 5.74) is 0.252. The van der Waals surface area contributed by atoms with Crippen molar-refractivity contribution in [3.63, 3.8) is 0 Å². The summed E-state index contributed by atoms with van der Waals surface area (Å²) in [5, 5.41) is 4.80. The van der Waals surface area contributed by atoms with E-state index in [4.69, 9.17) is 9.47 Å². The summed E-state index contributed by atoms with van der Waals surface area (Å²) in [6.07, 6.45) is 0.0672. The maximum Gasteiger partial charge on any atom is 0.410 e. The molecule has 1 unspecified atom stereocenters. The first-order chi connectivity index (χ1) is 15.1. The van der Waals surface area contributed by atoms with E-state index >= 15 is 0 Å². The largest absolute Gasteiger partial charge is 0.480 e. The van der Waals surface area contributed by atoms with Gasteiger partial charge >= 0.3 is 6.09 Å². The smallest absolute Gasteiger partial charge is 0.410 e. The molecule has 2 saturated heterocycles. The lowest BCUT2D eigenvalue weighted by Crippen LogP contribution is -2.52. The molecular weight excluding hydrogens is 418 g/mol. The van der Waals surface area contributed by atoms with E-state index < -0.39 is 23.5 Å². The summed E-state index contributed by atoms with van der Waals surface area (Å²) < 4.78 is 10.8. The molecule has 2 aliphatic rings. The summed E-state index contributed by atoms with van der Waals surface area (Å²) in [7, 11) is 1.46. The van der Waals surface area contributed by atoms with Crippen molar-refractivity contribution in [2.75, 3.05) is 38.2 Å². The fraction of sp³-hybridized carbons (Fsp3) is 0.571. The Morgan fingerprint density at radius 1 is 1.16 bits per heavy atom. The predicted octanol–water partition coefficient (Wildman–Crippen LogP) is 0.682. The van der Waals surface area contributed by atoms with Crippen molar-refractivity contribution in [2.45, 2.75) is 45.3 Å². The number of amides is 4. The van der Waals surface area contributed by atoms with E-state index in [2.05, 4.69) is 15.6 Å². The van der Waals surface area contributed by atoms with E-state index in [1.54, 1.807) is 17.0 Å². The van der Waals surface area contributed by atoms with Crippen LogP contribution in [0, 0.1) is 0 Å². The zero-order chi connectivity index (χ0) is 23.5. The summed E-state index contributed by atoms with van der Waals surface area (Å²) >= 11 is 0. The number of carbonyl (C=O) groups excluding carboxylic acids is 4. The quantitative estimate of drug-likeness (QED) is 0.645. The number of rotatable bonds is 4. The molecule has 1 aromatic rings. The highest BCUT2D eigenvalue weighted by Gasteiger charge is 2.30. The second kappa shape index (κ2) is 9.41. The Bertz CT molecular complexity index is 904. The molecule has 0 bridgehead atoms. The van der Waals surface area contributed by atoms with Gasteiger partial charge in [-0.2, -0.15) is 0 Å². The molecule has 11 nitrogen and oxygen atoms in total. The SMILES string of the molecule is COc1nc(C(=O)NC2CCC(=O)NC2=O)ccc1N1CCN(C(=O)OC(C)(C)C)CC1. The molecule has 2 aliphatic heterocycles. The topological polar surface area (TPSA) is 130 Å². The number of hydrogen-bond donors (Lipinski definition) is 2. The van der Waals surface area contributed by atoms with Crippen molar-refractivity contribution >= 4 is 29.5 Å². The van der Waals surface area contributed by atoms with E-state index in [0.29, 0.717) is 31.9 Å². The van der Waals surface area contributed by atoms with Gasteiger partial charge in [0.1, 0.15) is 23.0 Å². The van der Waals surface area contributed by atoms with Gasteiger partial charge in [-0.3, -0.25) is 19.7 Å². The molecule has 2 fully saturated rings. The van der Waals surface area contributed by atoms with Crippen LogP contribution in [-0.4, -0.2) is 78.6 Å². The fourth-order valence-electron chi connectivity index (χ4n) is 3.47. The van der Waals surface area contributed by atoms with E-state index in [9.17, 15) is 19.2 Å². The minimum absolute atomic E-state index is 0.0997. The molecule has 0 radical (unpaired) electrons. The van der Waals surface area contributed by atoms with Gasteiger partial charge < -0.3 is 24.6 Å². The van der Waals surface area contributed by atoms with Gasteiger partial charge in [-0.1, -0.05) is 0 Å². The maximum atomic E-state index is 12.6. The third-order valence-electron chi connectivity index (χ3n) is 5.08. The number of nitrogens with zero attached hydrogens (tertiary/aromatic N) is 3. The van der Waals surface area contributed by atoms with Crippen LogP contribution in [0.1, 0.15) is 44.1 Å². The van der Waals surface area contributed by atoms with Crippen LogP contribution in [0.2, 0.25) is 0 Å². The van der Waals surface area contributed by atoms with Gasteiger partial charge in [0.15, 0.2) is 0 Å². The van der Waals surface area contributed by atoms with Crippen molar-refractivity contribution in [3.05, 3.63) is 17.8 Å². The van der Waals surface area contributed by atoms with Crippen LogP contribution in [0.5, 0.6) is 5.88 Å². The van der Waals surface area contributed by atoms with Gasteiger partial charge in [0.2, 0.25) is 17.7 Å². The summed E-state index contributed by atoms with van der Waals surface area (Å²) in [5.74, 6) is -1.14. The fourth-order valence-corrected chi connectivity index (χ4v) is 3.47. The zero-order valence-electron chi connectivity index (χ0n) is 18.8. The minimum atomic E-state index is -0.784. The zero-order valence-corrected chi connectivity index (χ0v) is 18.8. The molecule has 1 atom stereocenters. The van der Waals surface area contributed by atoms with Crippen molar-refractivity contribution in [1.82, 2.24) is 20.5 Å². The lowest BCUT2D eigenvalue weighted by Gasteiger charge is -2.37. The third kappa shape index (κ3) is 5.65. The highest BCUT2D eigenvalue weighted by molar-refractivity contribution is 6.03. The van der Waals surface area contributed by atoms with Crippen molar-refractivity contribution in [2.24, 2.45) is 0 Å². The maximum absolute atomic E-state index is 12.6. The molecular formula is C21H29N5O6. The average molecular weight is 447 g/mol. The van der Waals surface area contributed by atoms with Crippen LogP contribution in [0.25, 0.3) is 0 Å². The van der Waals surface area contributed by atoms with Crippen molar-refractivity contribution in [3.8, 4) is 5.88 Å². The Morgan fingerprint density at radius 2 is 1.84 bits per heavy atom. The monoisotopic (exact) mass is 447 g/mol. The Balaban J connectivity index is 1.63. The highest BCUT2D eigenvalue weighted by atomic mass is 16.6. The molecule has 3 heterocycles. The molecule has 2 N–H and O–H groups in total. The van der Waals surface area contributed by atoms with E-state index in [1.807, 2.05) is 25.7 Å². The highest BCUT2D eigenvalue weighted by Crippen LogP contribution is 2.27. The van der Waals surface area contributed by atoms with Crippen LogP contribution >= 0.6 is 0 Å². The second-order valence-electron chi connectivity index (χ2n) is 8.66. The summed E-state index contributed by atoms with van der Waals surface area (Å²) in [6, 6.07) is 2.50. The molecule has 174 valence electrons. The number of hydrogen-bond acceptors (Lipinski definition) is 8. The molecule has 0 spiro atoms. The van der Waals surface area contributed by atoms with Gasteiger partial charge in [0, 0.05) is 32.6 Å². The van der Waals surface area contributed by atoms with Crippen LogP contribution in [0.3, 0.4) is 0 Å². The number of anilines is 1. The lowest BCUT2D eigenvalue weighted by atomic mass is 10.1. The van der Waals surface area contributed by atoms with Crippen molar-refractivity contribution < 1.29 is 28.7 Å². The summed E-state index contributed by atoms with van der Waals surface area (Å²) in [6.45, 7) is 7.56. The standard InChI is InChI=1S/C21H29N5O6/c1-21(2,3)32-20(30)26-11-9-25(10-12-26)15-7-5-14(23-19(15)31-4)17(28)22-13-6-8-16(27)24-18(13)29/h5,7,13H,6,8-12H2,1-4H3,(H,22,28)(H,24,27,29). The van der Waals surface area contributed by atoms with Crippen LogP contribution in [0.4, 0.5) is 10.5 Å². The number of methoxy groups -OCH3 is 1. The molecule has 0 saturated carbocycles. The molecule has 11 heteroatoms. The number of nitrogens with one attached hydrogen (secondary N) is 2. The van der Waals surface area contributed by atoms with E-state index in [1.165, 1.54) is 7.11 Å². The van der Waals surface area contributed by atoms with Crippen LogP contribution in [0.15, 0.2) is 12.1 Å². The number of ether oxygens (including phenoxy) is 2. The Labute approximate surface area is 186 Å². The minimum Gasteiger partial charge on any atom is -0.480 e. The number of piperazine rings is 1. The van der Waals surface area contributed by atoms with Gasteiger partial charge in [0.05, 0.1) is 7.11 Å². The Morgan fingerprint density at radius 3 is 2.44 bits per heavy atom. The molecule has 4 amide bonds. The Hall–Kier alpha value is -3.37. The number of aromatic nitrogens is 1. The predicted molar refractivity (Wildman–Crippen MR) is 114 cm³/mol. The first-order valence-electron chi connectivity index (χ1n) is 10.5. The van der Waals surface area contributed by atoms with Crippen LogP contribution < -0.4 is 20.3 Å². The average Bonchev–Trinajstić information content (AvgIpc) is 2.74. The van der Waals surface area contributed by atoms with Crippen molar-refractivity contribution in [1.29, 1.82) is 0 Å². The van der Waals surface area contributed by atoms with Gasteiger partial charge in [-0.15, -0.1) is 0 Å². The van der Waals surface area contributed by atoms with Gasteiger partial charge in [0.25, 0.3) is 5.91 Å². The van der Waals surface area contributed by atoms with Crippen LogP contribution in [-0.2, 0) is 14.3 Å². The molecule has 0 aromatic carbocycles. The first kappa shape index (κ1) is 23.3. The van der Waals surface area contributed by atoms with Gasteiger partial charge in [-0.05, 0) is 39.3 Å². The molecule has 3 rings (SSSR count). The van der Waals surface area contributed by atoms with E-state index in [0.717, 1.165) is 0 Å². The van der Waals surface area contributed by atoms with Gasteiger partial charge in [-0.25, -0.2) is 9.78 Å². The number of piperidine rings is 1. The molecule has 1 aromatic heterocycles. The molecule has 32 heavy (non-hydrogen) atoms. The summed E-state index contributed by atoms with van der Waals surface area (Å²) in [4.78, 5) is 55.9. The van der Waals surface area contributed by atoms with E-state index in [-0.39, 0.29) is 36.4 Å². The number of carbonyl (C=O) groups is 4. The first-order valence-corrected chi connectivity index (χ1v) is 10.5. The lowest BCUT2D eigenvalue weighted by molar-refractivity contribution is -0.134. The number of pyridine rings is 1.